The van der Waals surface area contributed by atoms with E-state index in [2.05, 4.69) is 61.8 Å². The van der Waals surface area contributed by atoms with E-state index in [1.165, 1.54) is 11.3 Å². The molecule has 2 heterocycles. The van der Waals surface area contributed by atoms with E-state index in [-0.39, 0.29) is 5.78 Å². The fourth-order valence-corrected chi connectivity index (χ4v) is 4.83. The zero-order chi connectivity index (χ0) is 22.8. The van der Waals surface area contributed by atoms with Crippen LogP contribution in [-0.2, 0) is 13.0 Å². The lowest BCUT2D eigenvalue weighted by molar-refractivity contribution is 0.104. The molecule has 166 valence electrons. The lowest BCUT2D eigenvalue weighted by Gasteiger charge is -2.23. The number of carbonyl (C=O) groups excluding carboxylic acids is 1. The highest BCUT2D eigenvalue weighted by molar-refractivity contribution is 9.10. The summed E-state index contributed by atoms with van der Waals surface area (Å²) in [5, 5.41) is 12.0. The van der Waals surface area contributed by atoms with Crippen molar-refractivity contribution >= 4 is 44.4 Å². The summed E-state index contributed by atoms with van der Waals surface area (Å²) in [5.41, 5.74) is 5.24. The van der Waals surface area contributed by atoms with Gasteiger partial charge in [0.05, 0.1) is 12.6 Å². The Bertz CT molecular complexity index is 1320. The first-order chi connectivity index (χ1) is 16.1. The molecule has 4 nitrogen and oxygen atoms in total. The number of β-amino-alcohol motifs (C(OH)–C–C–N with tert-alkyl or cyclic N) is 1. The van der Waals surface area contributed by atoms with Crippen molar-refractivity contribution in [3.8, 4) is 0 Å². The standard InChI is InChI=1S/C28H25BrN2O2/c29-23-12-9-21(10-13-23)28(33)14-11-22-17-31(27-8-4-2-6-25(22)27)19-24(32)18-30-16-15-20-5-1-3-7-26(20)30/h1-14,17,24,32H,15-16,18-19H2/b14-11+/t24-/m0/s1. The van der Waals surface area contributed by atoms with Gasteiger partial charge in [-0.3, -0.25) is 4.79 Å². The van der Waals surface area contributed by atoms with E-state index in [1.807, 2.05) is 48.7 Å². The van der Waals surface area contributed by atoms with Gasteiger partial charge in [0.2, 0.25) is 0 Å². The molecule has 1 aliphatic heterocycles. The molecule has 0 saturated carbocycles. The molecular formula is C28H25BrN2O2. The van der Waals surface area contributed by atoms with Gasteiger partial charge in [0.25, 0.3) is 0 Å². The van der Waals surface area contributed by atoms with Crippen LogP contribution in [0.25, 0.3) is 17.0 Å². The van der Waals surface area contributed by atoms with Crippen LogP contribution in [-0.4, -0.2) is 34.7 Å². The van der Waals surface area contributed by atoms with Crippen molar-refractivity contribution in [1.82, 2.24) is 4.57 Å². The zero-order valence-corrected chi connectivity index (χ0v) is 19.8. The van der Waals surface area contributed by atoms with E-state index in [9.17, 15) is 9.90 Å². The number of fused-ring (bicyclic) bond motifs is 2. The van der Waals surface area contributed by atoms with Gasteiger partial charge in [-0.2, -0.15) is 0 Å². The summed E-state index contributed by atoms with van der Waals surface area (Å²) >= 11 is 3.40. The van der Waals surface area contributed by atoms with Crippen LogP contribution in [0, 0.1) is 0 Å². The number of halogens is 1. The number of hydrogen-bond donors (Lipinski definition) is 1. The van der Waals surface area contributed by atoms with Crippen molar-refractivity contribution in [2.45, 2.75) is 19.1 Å². The highest BCUT2D eigenvalue weighted by atomic mass is 79.9. The maximum absolute atomic E-state index is 12.6. The molecule has 3 aromatic carbocycles. The predicted octanol–water partition coefficient (Wildman–Crippen LogP) is 5.72. The monoisotopic (exact) mass is 500 g/mol. The number of nitrogens with zero attached hydrogens (tertiary/aromatic N) is 2. The summed E-state index contributed by atoms with van der Waals surface area (Å²) in [6.07, 6.45) is 6.03. The Balaban J connectivity index is 1.34. The van der Waals surface area contributed by atoms with Crippen molar-refractivity contribution in [3.63, 3.8) is 0 Å². The number of aliphatic hydroxyl groups excluding tert-OH is 1. The Hall–Kier alpha value is -3.15. The molecule has 0 spiro atoms. The first-order valence-corrected chi connectivity index (χ1v) is 11.9. The Labute approximate surface area is 201 Å². The van der Waals surface area contributed by atoms with Crippen LogP contribution < -0.4 is 4.90 Å². The van der Waals surface area contributed by atoms with Gasteiger partial charge in [0.1, 0.15) is 0 Å². The molecular weight excluding hydrogens is 476 g/mol. The number of benzene rings is 3. The summed E-state index contributed by atoms with van der Waals surface area (Å²) in [7, 11) is 0. The smallest absolute Gasteiger partial charge is 0.185 e. The molecule has 1 atom stereocenters. The van der Waals surface area contributed by atoms with Crippen molar-refractivity contribution in [2.24, 2.45) is 0 Å². The van der Waals surface area contributed by atoms with Gasteiger partial charge in [0.15, 0.2) is 5.78 Å². The van der Waals surface area contributed by atoms with Crippen LogP contribution in [0.2, 0.25) is 0 Å². The Kier molecular flexibility index (Phi) is 6.16. The van der Waals surface area contributed by atoms with Gasteiger partial charge >= 0.3 is 0 Å². The van der Waals surface area contributed by atoms with E-state index in [1.54, 1.807) is 6.08 Å². The fraction of sp³-hybridized carbons (Fsp3) is 0.179. The molecule has 0 unspecified atom stereocenters. The van der Waals surface area contributed by atoms with Crippen molar-refractivity contribution in [2.75, 3.05) is 18.0 Å². The van der Waals surface area contributed by atoms with E-state index >= 15 is 0 Å². The molecule has 1 aromatic heterocycles. The topological polar surface area (TPSA) is 45.5 Å². The lowest BCUT2D eigenvalue weighted by Crippen LogP contribution is -2.33. The Morgan fingerprint density at radius 1 is 1.00 bits per heavy atom. The molecule has 0 fully saturated rings. The van der Waals surface area contributed by atoms with E-state index in [0.717, 1.165) is 33.9 Å². The van der Waals surface area contributed by atoms with Crippen LogP contribution in [0.15, 0.2) is 89.5 Å². The molecule has 0 bridgehead atoms. The van der Waals surface area contributed by atoms with E-state index in [0.29, 0.717) is 18.7 Å². The van der Waals surface area contributed by atoms with Crippen LogP contribution in [0.1, 0.15) is 21.5 Å². The molecule has 5 rings (SSSR count). The molecule has 0 radical (unpaired) electrons. The number of aliphatic hydroxyl groups is 1. The molecule has 0 aliphatic carbocycles. The molecule has 4 aromatic rings. The van der Waals surface area contributed by atoms with Crippen molar-refractivity contribution in [1.29, 1.82) is 0 Å². The number of rotatable bonds is 7. The van der Waals surface area contributed by atoms with E-state index < -0.39 is 6.10 Å². The molecule has 1 N–H and O–H groups in total. The third-order valence-corrected chi connectivity index (χ3v) is 6.71. The van der Waals surface area contributed by atoms with Gasteiger partial charge in [-0.15, -0.1) is 0 Å². The number of allylic oxidation sites excluding steroid dienone is 1. The summed E-state index contributed by atoms with van der Waals surface area (Å²) in [4.78, 5) is 14.9. The molecule has 33 heavy (non-hydrogen) atoms. The average molecular weight is 501 g/mol. The minimum Gasteiger partial charge on any atom is -0.389 e. The Morgan fingerprint density at radius 3 is 2.61 bits per heavy atom. The first-order valence-electron chi connectivity index (χ1n) is 11.2. The van der Waals surface area contributed by atoms with E-state index in [4.69, 9.17) is 0 Å². The summed E-state index contributed by atoms with van der Waals surface area (Å²) in [6, 6.07) is 23.9. The van der Waals surface area contributed by atoms with Gasteiger partial charge in [-0.25, -0.2) is 0 Å². The fourth-order valence-electron chi connectivity index (χ4n) is 4.57. The predicted molar refractivity (Wildman–Crippen MR) is 138 cm³/mol. The number of carbonyl (C=O) groups is 1. The highest BCUT2D eigenvalue weighted by Gasteiger charge is 2.21. The third-order valence-electron chi connectivity index (χ3n) is 6.18. The first kappa shape index (κ1) is 21.7. The van der Waals surface area contributed by atoms with Crippen LogP contribution in [0.3, 0.4) is 0 Å². The number of aromatic nitrogens is 1. The average Bonchev–Trinajstić information content (AvgIpc) is 3.39. The van der Waals surface area contributed by atoms with Gasteiger partial charge in [-0.05, 0) is 60.5 Å². The minimum atomic E-state index is -0.506. The molecule has 5 heteroatoms. The largest absolute Gasteiger partial charge is 0.389 e. The second kappa shape index (κ2) is 9.38. The highest BCUT2D eigenvalue weighted by Crippen LogP contribution is 2.28. The van der Waals surface area contributed by atoms with Gasteiger partial charge in [0, 0.05) is 51.5 Å². The van der Waals surface area contributed by atoms with Gasteiger partial charge < -0.3 is 14.6 Å². The lowest BCUT2D eigenvalue weighted by atomic mass is 10.1. The molecule has 0 saturated heterocycles. The summed E-state index contributed by atoms with van der Waals surface area (Å²) < 4.78 is 3.04. The number of anilines is 1. The second-order valence-electron chi connectivity index (χ2n) is 8.44. The maximum atomic E-state index is 12.6. The van der Waals surface area contributed by atoms with Gasteiger partial charge in [-0.1, -0.05) is 52.3 Å². The summed E-state index contributed by atoms with van der Waals surface area (Å²) in [6.45, 7) is 2.03. The molecule has 1 aliphatic rings. The maximum Gasteiger partial charge on any atom is 0.185 e. The SMILES string of the molecule is O=C(/C=C/c1cn(C[C@@H](O)CN2CCc3ccccc32)c2ccccc12)c1ccc(Br)cc1. The third kappa shape index (κ3) is 4.65. The number of hydrogen-bond acceptors (Lipinski definition) is 3. The van der Waals surface area contributed by atoms with Crippen molar-refractivity contribution < 1.29 is 9.90 Å². The van der Waals surface area contributed by atoms with Crippen LogP contribution in [0.5, 0.6) is 0 Å². The van der Waals surface area contributed by atoms with Crippen molar-refractivity contribution in [3.05, 3.63) is 106 Å². The normalized spacial score (nSPS) is 14.2. The minimum absolute atomic E-state index is 0.0351. The summed E-state index contributed by atoms with van der Waals surface area (Å²) in [5.74, 6) is -0.0351. The quantitative estimate of drug-likeness (QED) is 0.260. The number of para-hydroxylation sites is 2. The molecule has 0 amide bonds. The number of ketones is 1. The second-order valence-corrected chi connectivity index (χ2v) is 9.35. The Morgan fingerprint density at radius 2 is 1.76 bits per heavy atom. The zero-order valence-electron chi connectivity index (χ0n) is 18.2. The van der Waals surface area contributed by atoms with Crippen LogP contribution >= 0.6 is 15.9 Å². The van der Waals surface area contributed by atoms with Crippen LogP contribution in [0.4, 0.5) is 5.69 Å².